The summed E-state index contributed by atoms with van der Waals surface area (Å²) in [5, 5.41) is 0.593. The van der Waals surface area contributed by atoms with Crippen LogP contribution in [0.15, 0.2) is 16.6 Å². The summed E-state index contributed by atoms with van der Waals surface area (Å²) in [6.45, 7) is 0.664. The zero-order valence-corrected chi connectivity index (χ0v) is 10.9. The molecule has 1 aliphatic heterocycles. The fourth-order valence-corrected chi connectivity index (χ4v) is 2.90. The van der Waals surface area contributed by atoms with Gasteiger partial charge in [-0.2, -0.15) is 0 Å². The van der Waals surface area contributed by atoms with Crippen LogP contribution in [0.5, 0.6) is 0 Å². The predicted octanol–water partition coefficient (Wildman–Crippen LogP) is 3.23. The zero-order chi connectivity index (χ0) is 11.0. The highest BCUT2D eigenvalue weighted by molar-refractivity contribution is 9.10. The van der Waals surface area contributed by atoms with Crippen LogP contribution < -0.4 is 4.90 Å². The predicted molar refractivity (Wildman–Crippen MR) is 65.9 cm³/mol. The van der Waals surface area contributed by atoms with E-state index in [1.807, 2.05) is 6.07 Å². The van der Waals surface area contributed by atoms with Crippen molar-refractivity contribution in [2.24, 2.45) is 0 Å². The average Bonchev–Trinajstić information content (AvgIpc) is 2.60. The van der Waals surface area contributed by atoms with Crippen molar-refractivity contribution in [3.63, 3.8) is 0 Å². The molecular formula is C10H8BrCl2NO. The van der Waals surface area contributed by atoms with Gasteiger partial charge in [-0.25, -0.2) is 0 Å². The molecule has 1 amide bonds. The number of rotatable bonds is 1. The van der Waals surface area contributed by atoms with Crippen LogP contribution in [0.3, 0.4) is 0 Å². The second-order valence-corrected chi connectivity index (χ2v) is 4.91. The van der Waals surface area contributed by atoms with Gasteiger partial charge < -0.3 is 4.90 Å². The fraction of sp³-hybridized carbons (Fsp3) is 0.300. The Bertz CT molecular complexity index is 422. The maximum Gasteiger partial charge on any atom is 0.241 e. The highest BCUT2D eigenvalue weighted by Crippen LogP contribution is 2.37. The first kappa shape index (κ1) is 11.2. The molecule has 0 atom stereocenters. The third-order valence-corrected chi connectivity index (χ3v) is 3.37. The summed E-state index contributed by atoms with van der Waals surface area (Å²) in [6.07, 6.45) is 0.830. The van der Waals surface area contributed by atoms with Gasteiger partial charge in [0.1, 0.15) is 5.88 Å². The van der Waals surface area contributed by atoms with Gasteiger partial charge in [0.25, 0.3) is 0 Å². The summed E-state index contributed by atoms with van der Waals surface area (Å²) in [5.74, 6) is -0.106. The maximum atomic E-state index is 11.5. The molecule has 0 fully saturated rings. The molecule has 0 radical (unpaired) electrons. The van der Waals surface area contributed by atoms with E-state index in [-0.39, 0.29) is 11.8 Å². The summed E-state index contributed by atoms with van der Waals surface area (Å²) < 4.78 is 0.937. The van der Waals surface area contributed by atoms with Crippen molar-refractivity contribution in [2.45, 2.75) is 6.42 Å². The summed E-state index contributed by atoms with van der Waals surface area (Å²) in [5.41, 5.74) is 1.90. The van der Waals surface area contributed by atoms with Gasteiger partial charge in [0.2, 0.25) is 5.91 Å². The molecule has 0 aromatic heterocycles. The topological polar surface area (TPSA) is 20.3 Å². The van der Waals surface area contributed by atoms with Crippen molar-refractivity contribution in [3.05, 3.63) is 27.2 Å². The van der Waals surface area contributed by atoms with Gasteiger partial charge in [-0.05, 0) is 24.1 Å². The fourth-order valence-electron chi connectivity index (χ4n) is 1.78. The smallest absolute Gasteiger partial charge is 0.241 e. The number of amides is 1. The highest BCUT2D eigenvalue weighted by atomic mass is 79.9. The minimum atomic E-state index is -0.0976. The Morgan fingerprint density at radius 3 is 2.93 bits per heavy atom. The van der Waals surface area contributed by atoms with Crippen LogP contribution in [-0.4, -0.2) is 18.3 Å². The number of halogens is 3. The van der Waals surface area contributed by atoms with Crippen molar-refractivity contribution in [1.82, 2.24) is 0 Å². The molecule has 15 heavy (non-hydrogen) atoms. The van der Waals surface area contributed by atoms with Crippen LogP contribution >= 0.6 is 39.1 Å². The second kappa shape index (κ2) is 4.32. The summed E-state index contributed by atoms with van der Waals surface area (Å²) in [4.78, 5) is 13.2. The number of benzene rings is 1. The van der Waals surface area contributed by atoms with Crippen LogP contribution in [0.2, 0.25) is 5.02 Å². The third kappa shape index (κ3) is 2.01. The van der Waals surface area contributed by atoms with Crippen molar-refractivity contribution in [3.8, 4) is 0 Å². The third-order valence-electron chi connectivity index (χ3n) is 2.40. The molecular weight excluding hydrogens is 301 g/mol. The van der Waals surface area contributed by atoms with Crippen molar-refractivity contribution in [2.75, 3.05) is 17.3 Å². The molecule has 1 heterocycles. The molecule has 0 bridgehead atoms. The molecule has 0 aliphatic carbocycles. The largest absolute Gasteiger partial charge is 0.309 e. The molecule has 80 valence electrons. The SMILES string of the molecule is O=C(CCl)N1CCc2cc(Br)cc(Cl)c21. The Hall–Kier alpha value is -0.250. The molecule has 1 aromatic carbocycles. The average molecular weight is 309 g/mol. The summed E-state index contributed by atoms with van der Waals surface area (Å²) in [6, 6.07) is 3.78. The number of hydrogen-bond acceptors (Lipinski definition) is 1. The summed E-state index contributed by atoms with van der Waals surface area (Å²) >= 11 is 15.0. The lowest BCUT2D eigenvalue weighted by Crippen LogP contribution is -2.29. The monoisotopic (exact) mass is 307 g/mol. The van der Waals surface area contributed by atoms with Gasteiger partial charge in [0.15, 0.2) is 0 Å². The van der Waals surface area contributed by atoms with Crippen LogP contribution in [0.1, 0.15) is 5.56 Å². The van der Waals surface area contributed by atoms with E-state index in [0.717, 1.165) is 22.1 Å². The standard InChI is InChI=1S/C10H8BrCl2NO/c11-7-3-6-1-2-14(9(15)5-12)10(6)8(13)4-7/h3-4H,1-2,5H2. The molecule has 0 spiro atoms. The van der Waals surface area contributed by atoms with E-state index in [1.165, 1.54) is 0 Å². The lowest BCUT2D eigenvalue weighted by atomic mass is 10.2. The minimum Gasteiger partial charge on any atom is -0.309 e. The van der Waals surface area contributed by atoms with Crippen molar-refractivity contribution in [1.29, 1.82) is 0 Å². The number of carbonyl (C=O) groups is 1. The van der Waals surface area contributed by atoms with Gasteiger partial charge in [0, 0.05) is 11.0 Å². The van der Waals surface area contributed by atoms with Crippen LogP contribution in [0.25, 0.3) is 0 Å². The van der Waals surface area contributed by atoms with Gasteiger partial charge in [0.05, 0.1) is 10.7 Å². The molecule has 1 aliphatic rings. The molecule has 0 saturated heterocycles. The quantitative estimate of drug-likeness (QED) is 0.729. The lowest BCUT2D eigenvalue weighted by Gasteiger charge is -2.17. The van der Waals surface area contributed by atoms with Gasteiger partial charge in [-0.3, -0.25) is 4.79 Å². The lowest BCUT2D eigenvalue weighted by molar-refractivity contribution is -0.116. The maximum absolute atomic E-state index is 11.5. The van der Waals surface area contributed by atoms with Crippen LogP contribution in [-0.2, 0) is 11.2 Å². The normalized spacial score (nSPS) is 14.2. The molecule has 0 saturated carbocycles. The molecule has 5 heteroatoms. The van der Waals surface area contributed by atoms with Crippen LogP contribution in [0.4, 0.5) is 5.69 Å². The van der Waals surface area contributed by atoms with Crippen molar-refractivity contribution < 1.29 is 4.79 Å². The molecule has 1 aromatic rings. The highest BCUT2D eigenvalue weighted by Gasteiger charge is 2.26. The van der Waals surface area contributed by atoms with E-state index >= 15 is 0 Å². The van der Waals surface area contributed by atoms with E-state index in [9.17, 15) is 4.79 Å². The first-order valence-electron chi connectivity index (χ1n) is 4.47. The van der Waals surface area contributed by atoms with E-state index in [2.05, 4.69) is 15.9 Å². The van der Waals surface area contributed by atoms with Gasteiger partial charge in [-0.15, -0.1) is 11.6 Å². The molecule has 2 rings (SSSR count). The number of anilines is 1. The number of carbonyl (C=O) groups excluding carboxylic acids is 1. The second-order valence-electron chi connectivity index (χ2n) is 3.32. The summed E-state index contributed by atoms with van der Waals surface area (Å²) in [7, 11) is 0. The Morgan fingerprint density at radius 2 is 2.27 bits per heavy atom. The number of hydrogen-bond donors (Lipinski definition) is 0. The Balaban J connectivity index is 2.46. The van der Waals surface area contributed by atoms with Crippen molar-refractivity contribution >= 4 is 50.7 Å². The Kier molecular flexibility index (Phi) is 3.24. The van der Waals surface area contributed by atoms with Gasteiger partial charge in [-0.1, -0.05) is 27.5 Å². The first-order valence-corrected chi connectivity index (χ1v) is 6.18. The Morgan fingerprint density at radius 1 is 1.53 bits per heavy atom. The van der Waals surface area contributed by atoms with E-state index in [4.69, 9.17) is 23.2 Å². The van der Waals surface area contributed by atoms with E-state index < -0.39 is 0 Å². The number of alkyl halides is 1. The van der Waals surface area contributed by atoms with Crippen LogP contribution in [0, 0.1) is 0 Å². The van der Waals surface area contributed by atoms with E-state index in [1.54, 1.807) is 11.0 Å². The Labute approximate surface area is 106 Å². The number of nitrogens with zero attached hydrogens (tertiary/aromatic N) is 1. The molecule has 0 N–H and O–H groups in total. The zero-order valence-electron chi connectivity index (χ0n) is 7.77. The minimum absolute atomic E-state index is 0.00810. The van der Waals surface area contributed by atoms with E-state index in [0.29, 0.717) is 11.6 Å². The van der Waals surface area contributed by atoms with Gasteiger partial charge >= 0.3 is 0 Å². The number of fused-ring (bicyclic) bond motifs is 1. The first-order chi connectivity index (χ1) is 7.13. The molecule has 2 nitrogen and oxygen atoms in total. The molecule has 0 unspecified atom stereocenters.